The van der Waals surface area contributed by atoms with Crippen LogP contribution in [0.3, 0.4) is 0 Å². The minimum atomic E-state index is 0.206. The van der Waals surface area contributed by atoms with E-state index < -0.39 is 0 Å². The average molecular weight is 285 g/mol. The Morgan fingerprint density at radius 3 is 2.79 bits per heavy atom. The third kappa shape index (κ3) is 3.46. The Kier molecular flexibility index (Phi) is 4.42. The molecule has 3 nitrogen and oxygen atoms in total. The minimum Gasteiger partial charge on any atom is -0.381 e. The molecular weight excluding hydrogens is 258 g/mol. The van der Waals surface area contributed by atoms with E-state index in [0.717, 1.165) is 26.4 Å². The summed E-state index contributed by atoms with van der Waals surface area (Å²) in [6, 6.07) is 0.659. The van der Waals surface area contributed by atoms with Crippen molar-refractivity contribution in [2.24, 2.45) is 5.41 Å². The van der Waals surface area contributed by atoms with E-state index in [-0.39, 0.29) is 5.60 Å². The third-order valence-electron chi connectivity index (χ3n) is 5.08. The lowest BCUT2D eigenvalue weighted by Gasteiger charge is -2.40. The van der Waals surface area contributed by atoms with Gasteiger partial charge in [-0.1, -0.05) is 6.92 Å². The molecule has 2 atom stereocenters. The van der Waals surface area contributed by atoms with E-state index in [1.54, 1.807) is 0 Å². The van der Waals surface area contributed by atoms with Crippen LogP contribution in [0, 0.1) is 5.41 Å². The van der Waals surface area contributed by atoms with Crippen LogP contribution in [0.1, 0.15) is 39.0 Å². The van der Waals surface area contributed by atoms with Crippen molar-refractivity contribution in [2.75, 3.05) is 37.9 Å². The summed E-state index contributed by atoms with van der Waals surface area (Å²) in [5.41, 5.74) is 0.644. The molecule has 1 N–H and O–H groups in total. The molecule has 0 saturated carbocycles. The van der Waals surface area contributed by atoms with E-state index in [2.05, 4.69) is 24.0 Å². The second-order valence-corrected chi connectivity index (χ2v) is 7.93. The lowest BCUT2D eigenvalue weighted by molar-refractivity contribution is -0.0722. The first-order valence-corrected chi connectivity index (χ1v) is 8.88. The van der Waals surface area contributed by atoms with Crippen molar-refractivity contribution in [3.63, 3.8) is 0 Å². The largest absolute Gasteiger partial charge is 0.381 e. The normalized spacial score (nSPS) is 38.7. The predicted molar refractivity (Wildman–Crippen MR) is 79.8 cm³/mol. The number of thioether (sulfide) groups is 1. The number of hydrogen-bond acceptors (Lipinski definition) is 4. The van der Waals surface area contributed by atoms with Gasteiger partial charge in [0, 0.05) is 38.2 Å². The Morgan fingerprint density at radius 2 is 2.05 bits per heavy atom. The predicted octanol–water partition coefficient (Wildman–Crippen LogP) is 2.45. The number of rotatable bonds is 3. The molecule has 3 heterocycles. The summed E-state index contributed by atoms with van der Waals surface area (Å²) in [4.78, 5) is 0. The zero-order chi connectivity index (χ0) is 13.2. The van der Waals surface area contributed by atoms with Crippen molar-refractivity contribution >= 4 is 11.8 Å². The van der Waals surface area contributed by atoms with Crippen LogP contribution in [0.2, 0.25) is 0 Å². The monoisotopic (exact) mass is 285 g/mol. The first kappa shape index (κ1) is 14.2. The molecule has 3 saturated heterocycles. The van der Waals surface area contributed by atoms with Crippen molar-refractivity contribution in [1.82, 2.24) is 5.32 Å². The Bertz CT molecular complexity index is 299. The van der Waals surface area contributed by atoms with E-state index >= 15 is 0 Å². The summed E-state index contributed by atoms with van der Waals surface area (Å²) in [6.07, 6.45) is 6.04. The van der Waals surface area contributed by atoms with Gasteiger partial charge in [0.05, 0.1) is 5.60 Å². The highest BCUT2D eigenvalue weighted by Gasteiger charge is 2.40. The van der Waals surface area contributed by atoms with Crippen LogP contribution in [0.5, 0.6) is 0 Å². The van der Waals surface area contributed by atoms with E-state index in [4.69, 9.17) is 9.47 Å². The van der Waals surface area contributed by atoms with Crippen LogP contribution >= 0.6 is 11.8 Å². The smallest absolute Gasteiger partial charge is 0.0795 e. The van der Waals surface area contributed by atoms with Crippen molar-refractivity contribution in [3.8, 4) is 0 Å². The van der Waals surface area contributed by atoms with Crippen LogP contribution in [-0.4, -0.2) is 49.5 Å². The van der Waals surface area contributed by atoms with Gasteiger partial charge in [-0.25, -0.2) is 0 Å². The molecule has 0 aliphatic carbocycles. The summed E-state index contributed by atoms with van der Waals surface area (Å²) >= 11 is 2.06. The second-order valence-electron chi connectivity index (χ2n) is 6.83. The van der Waals surface area contributed by atoms with Gasteiger partial charge in [-0.2, -0.15) is 11.8 Å². The summed E-state index contributed by atoms with van der Waals surface area (Å²) in [6.45, 7) is 6.37. The molecule has 0 aromatic rings. The number of hydrogen-bond donors (Lipinski definition) is 1. The number of nitrogens with one attached hydrogen (secondary N) is 1. The number of ether oxygens (including phenoxy) is 2. The van der Waals surface area contributed by atoms with Gasteiger partial charge in [-0.3, -0.25) is 0 Å². The first-order chi connectivity index (χ1) is 9.20. The molecule has 4 heteroatoms. The van der Waals surface area contributed by atoms with Gasteiger partial charge in [-0.15, -0.1) is 0 Å². The Morgan fingerprint density at radius 1 is 1.21 bits per heavy atom. The molecular formula is C15H27NO2S. The minimum absolute atomic E-state index is 0.206. The maximum absolute atomic E-state index is 6.09. The first-order valence-electron chi connectivity index (χ1n) is 7.73. The molecule has 0 bridgehead atoms. The van der Waals surface area contributed by atoms with Crippen molar-refractivity contribution in [3.05, 3.63) is 0 Å². The Hall–Kier alpha value is 0.230. The van der Waals surface area contributed by atoms with Crippen LogP contribution < -0.4 is 5.32 Å². The molecule has 0 aromatic carbocycles. The van der Waals surface area contributed by atoms with Gasteiger partial charge in [0.25, 0.3) is 0 Å². The van der Waals surface area contributed by atoms with Gasteiger partial charge in [-0.05, 0) is 43.3 Å². The lowest BCUT2D eigenvalue weighted by atomic mass is 9.81. The van der Waals surface area contributed by atoms with Crippen molar-refractivity contribution < 1.29 is 9.47 Å². The fraction of sp³-hybridized carbons (Fsp3) is 1.00. The SMILES string of the molecule is CC1(CNC2CCOC3(CCSC3)C2)CCOCC1. The fourth-order valence-electron chi connectivity index (χ4n) is 3.50. The molecule has 19 heavy (non-hydrogen) atoms. The third-order valence-corrected chi connectivity index (χ3v) is 6.30. The van der Waals surface area contributed by atoms with Crippen molar-refractivity contribution in [1.29, 1.82) is 0 Å². The van der Waals surface area contributed by atoms with Crippen LogP contribution in [0.25, 0.3) is 0 Å². The molecule has 0 radical (unpaired) electrons. The summed E-state index contributed by atoms with van der Waals surface area (Å²) < 4.78 is 11.6. The fourth-order valence-corrected chi connectivity index (χ4v) is 4.88. The molecule has 0 aromatic heterocycles. The zero-order valence-corrected chi connectivity index (χ0v) is 12.9. The summed E-state index contributed by atoms with van der Waals surface area (Å²) in [7, 11) is 0. The maximum atomic E-state index is 6.09. The highest BCUT2D eigenvalue weighted by Crippen LogP contribution is 2.38. The highest BCUT2D eigenvalue weighted by molar-refractivity contribution is 7.99. The second kappa shape index (κ2) is 5.92. The van der Waals surface area contributed by atoms with Crippen LogP contribution in [0.15, 0.2) is 0 Å². The molecule has 0 amide bonds. The topological polar surface area (TPSA) is 30.5 Å². The molecule has 110 valence electrons. The van der Waals surface area contributed by atoms with Gasteiger partial charge < -0.3 is 14.8 Å². The molecule has 3 rings (SSSR count). The standard InChI is InChI=1S/C15H27NO2S/c1-14(3-7-17-8-4-14)11-16-13-2-6-18-15(10-13)5-9-19-12-15/h13,16H,2-12H2,1H3. The van der Waals surface area contributed by atoms with Gasteiger partial charge in [0.1, 0.15) is 0 Å². The highest BCUT2D eigenvalue weighted by atomic mass is 32.2. The van der Waals surface area contributed by atoms with E-state index in [1.165, 1.54) is 43.6 Å². The van der Waals surface area contributed by atoms with E-state index in [0.29, 0.717) is 11.5 Å². The molecule has 2 unspecified atom stereocenters. The van der Waals surface area contributed by atoms with E-state index in [1.807, 2.05) is 0 Å². The Labute approximate surface area is 121 Å². The molecule has 1 spiro atoms. The summed E-state index contributed by atoms with van der Waals surface area (Å²) in [5.74, 6) is 2.48. The van der Waals surface area contributed by atoms with Gasteiger partial charge >= 0.3 is 0 Å². The van der Waals surface area contributed by atoms with Gasteiger partial charge in [0.15, 0.2) is 0 Å². The lowest BCUT2D eigenvalue weighted by Crippen LogP contribution is -2.49. The quantitative estimate of drug-likeness (QED) is 0.863. The molecule has 3 fully saturated rings. The maximum Gasteiger partial charge on any atom is 0.0795 e. The average Bonchev–Trinajstić information content (AvgIpc) is 2.86. The molecule has 3 aliphatic rings. The van der Waals surface area contributed by atoms with E-state index in [9.17, 15) is 0 Å². The van der Waals surface area contributed by atoms with Gasteiger partial charge in [0.2, 0.25) is 0 Å². The zero-order valence-electron chi connectivity index (χ0n) is 12.1. The Balaban J connectivity index is 1.49. The van der Waals surface area contributed by atoms with Crippen LogP contribution in [-0.2, 0) is 9.47 Å². The molecule has 3 aliphatic heterocycles. The van der Waals surface area contributed by atoms with Crippen LogP contribution in [0.4, 0.5) is 0 Å². The summed E-state index contributed by atoms with van der Waals surface area (Å²) in [5, 5.41) is 3.84. The van der Waals surface area contributed by atoms with Crippen molar-refractivity contribution in [2.45, 2.75) is 50.7 Å².